The monoisotopic (exact) mass is 236 g/mol. The molecule has 0 aromatic carbocycles. The number of carbonyl (C=O) groups excluding carboxylic acids is 1. The number of aryl methyl sites for hydroxylation is 1. The molecule has 2 rings (SSSR count). The summed E-state index contributed by atoms with van der Waals surface area (Å²) in [6, 6.07) is 0. The quantitative estimate of drug-likeness (QED) is 0.783. The van der Waals surface area contributed by atoms with Crippen LogP contribution < -0.4 is 0 Å². The first-order chi connectivity index (χ1) is 8.31. The van der Waals surface area contributed by atoms with Crippen molar-refractivity contribution in [3.63, 3.8) is 0 Å². The minimum atomic E-state index is 0.0792. The van der Waals surface area contributed by atoms with Gasteiger partial charge in [-0.25, -0.2) is 4.98 Å². The van der Waals surface area contributed by atoms with E-state index in [4.69, 9.17) is 4.74 Å². The van der Waals surface area contributed by atoms with Gasteiger partial charge in [0.15, 0.2) is 0 Å². The van der Waals surface area contributed by atoms with E-state index in [9.17, 15) is 4.79 Å². The minimum Gasteiger partial charge on any atom is -0.381 e. The highest BCUT2D eigenvalue weighted by atomic mass is 16.5. The van der Waals surface area contributed by atoms with Crippen LogP contribution in [0.4, 0.5) is 0 Å². The summed E-state index contributed by atoms with van der Waals surface area (Å²) >= 11 is 0. The van der Waals surface area contributed by atoms with Crippen molar-refractivity contribution < 1.29 is 9.53 Å². The molecule has 2 heterocycles. The molecule has 1 unspecified atom stereocenters. The number of ketones is 1. The van der Waals surface area contributed by atoms with E-state index in [1.807, 2.05) is 6.20 Å². The molecule has 0 saturated carbocycles. The molecule has 1 fully saturated rings. The van der Waals surface area contributed by atoms with E-state index in [1.165, 1.54) is 0 Å². The summed E-state index contributed by atoms with van der Waals surface area (Å²) in [6.45, 7) is 4.45. The van der Waals surface area contributed by atoms with Gasteiger partial charge < -0.3 is 9.30 Å². The topological polar surface area (TPSA) is 44.1 Å². The van der Waals surface area contributed by atoms with Gasteiger partial charge in [0.2, 0.25) is 0 Å². The summed E-state index contributed by atoms with van der Waals surface area (Å²) in [5, 5.41) is 0. The first-order valence-electron chi connectivity index (χ1n) is 6.41. The summed E-state index contributed by atoms with van der Waals surface area (Å²) in [4.78, 5) is 16.4. The van der Waals surface area contributed by atoms with E-state index in [0.717, 1.165) is 38.2 Å². The lowest BCUT2D eigenvalue weighted by atomic mass is 9.95. The Morgan fingerprint density at radius 3 is 3.24 bits per heavy atom. The number of carbonyl (C=O) groups is 1. The van der Waals surface area contributed by atoms with Crippen LogP contribution in [-0.4, -0.2) is 28.5 Å². The van der Waals surface area contributed by atoms with Crippen molar-refractivity contribution >= 4 is 5.78 Å². The van der Waals surface area contributed by atoms with E-state index < -0.39 is 0 Å². The second kappa shape index (κ2) is 5.96. The maximum absolute atomic E-state index is 12.1. The molecule has 0 N–H and O–H groups in total. The Hall–Kier alpha value is -1.16. The van der Waals surface area contributed by atoms with Crippen LogP contribution >= 0.6 is 0 Å². The van der Waals surface area contributed by atoms with Crippen molar-refractivity contribution in [2.24, 2.45) is 5.92 Å². The Kier molecular flexibility index (Phi) is 4.31. The molecular formula is C13H20N2O2. The van der Waals surface area contributed by atoms with Gasteiger partial charge in [0.25, 0.3) is 0 Å². The zero-order chi connectivity index (χ0) is 12.1. The number of hydrogen-bond acceptors (Lipinski definition) is 3. The van der Waals surface area contributed by atoms with Gasteiger partial charge in [-0.15, -0.1) is 0 Å². The molecule has 0 radical (unpaired) electrons. The summed E-state index contributed by atoms with van der Waals surface area (Å²) in [6.07, 6.45) is 7.19. The predicted octanol–water partition coefficient (Wildman–Crippen LogP) is 1.83. The van der Waals surface area contributed by atoms with Crippen LogP contribution in [0.5, 0.6) is 0 Å². The van der Waals surface area contributed by atoms with Gasteiger partial charge in [-0.1, -0.05) is 6.92 Å². The Labute approximate surface area is 102 Å². The Balaban J connectivity index is 1.94. The molecule has 0 bridgehead atoms. The van der Waals surface area contributed by atoms with E-state index in [-0.39, 0.29) is 11.7 Å². The molecule has 1 aromatic heterocycles. The molecule has 94 valence electrons. The van der Waals surface area contributed by atoms with E-state index in [2.05, 4.69) is 16.5 Å². The first-order valence-corrected chi connectivity index (χ1v) is 6.41. The normalized spacial score (nSPS) is 20.4. The van der Waals surface area contributed by atoms with Gasteiger partial charge >= 0.3 is 0 Å². The van der Waals surface area contributed by atoms with Crippen molar-refractivity contribution in [2.45, 2.75) is 39.2 Å². The van der Waals surface area contributed by atoms with E-state index in [0.29, 0.717) is 13.0 Å². The molecule has 1 saturated heterocycles. The van der Waals surface area contributed by atoms with Gasteiger partial charge in [0, 0.05) is 31.5 Å². The zero-order valence-electron chi connectivity index (χ0n) is 10.4. The third-order valence-electron chi connectivity index (χ3n) is 3.21. The lowest BCUT2D eigenvalue weighted by Crippen LogP contribution is -2.27. The third kappa shape index (κ3) is 3.16. The van der Waals surface area contributed by atoms with Crippen LogP contribution in [0.2, 0.25) is 0 Å². The van der Waals surface area contributed by atoms with Crippen molar-refractivity contribution in [1.82, 2.24) is 9.55 Å². The Morgan fingerprint density at radius 1 is 1.65 bits per heavy atom. The van der Waals surface area contributed by atoms with Crippen LogP contribution in [0.25, 0.3) is 0 Å². The molecule has 17 heavy (non-hydrogen) atoms. The average Bonchev–Trinajstić information content (AvgIpc) is 2.78. The molecule has 1 aromatic rings. The number of Topliss-reactive ketones (excluding diaryl/α,β-unsaturated/α-hetero) is 1. The molecule has 4 nitrogen and oxygen atoms in total. The fourth-order valence-corrected chi connectivity index (χ4v) is 2.25. The van der Waals surface area contributed by atoms with Gasteiger partial charge in [0.1, 0.15) is 11.6 Å². The largest absolute Gasteiger partial charge is 0.381 e. The predicted molar refractivity (Wildman–Crippen MR) is 64.8 cm³/mol. The molecule has 1 aliphatic rings. The van der Waals surface area contributed by atoms with Crippen LogP contribution in [0.3, 0.4) is 0 Å². The van der Waals surface area contributed by atoms with E-state index in [1.54, 1.807) is 6.20 Å². The summed E-state index contributed by atoms with van der Waals surface area (Å²) in [7, 11) is 0. The molecule has 0 spiro atoms. The first kappa shape index (κ1) is 12.3. The number of rotatable bonds is 5. The van der Waals surface area contributed by atoms with Crippen LogP contribution in [-0.2, 0) is 22.5 Å². The van der Waals surface area contributed by atoms with Gasteiger partial charge in [-0.05, 0) is 19.3 Å². The smallest absolute Gasteiger partial charge is 0.145 e. The second-order valence-electron chi connectivity index (χ2n) is 4.59. The highest BCUT2D eigenvalue weighted by Crippen LogP contribution is 2.16. The number of imidazole rings is 1. The number of nitrogens with zero attached hydrogens (tertiary/aromatic N) is 2. The van der Waals surface area contributed by atoms with Gasteiger partial charge in [-0.3, -0.25) is 4.79 Å². The lowest BCUT2D eigenvalue weighted by Gasteiger charge is -2.20. The molecule has 1 aliphatic heterocycles. The van der Waals surface area contributed by atoms with Crippen molar-refractivity contribution in [3.05, 3.63) is 18.2 Å². The molecule has 1 atom stereocenters. The Morgan fingerprint density at radius 2 is 2.53 bits per heavy atom. The highest BCUT2D eigenvalue weighted by molar-refractivity contribution is 5.82. The van der Waals surface area contributed by atoms with Crippen molar-refractivity contribution in [2.75, 3.05) is 13.2 Å². The average molecular weight is 236 g/mol. The standard InChI is InChI=1S/C13H20N2O2/c1-2-6-15-7-5-14-13(15)9-12(16)11-4-3-8-17-10-11/h5,7,11H,2-4,6,8-10H2,1H3. The molecule has 0 aliphatic carbocycles. The molecule has 0 amide bonds. The van der Waals surface area contributed by atoms with Crippen LogP contribution in [0, 0.1) is 5.92 Å². The summed E-state index contributed by atoms with van der Waals surface area (Å²) < 4.78 is 7.42. The fraction of sp³-hybridized carbons (Fsp3) is 0.692. The fourth-order valence-electron chi connectivity index (χ4n) is 2.25. The minimum absolute atomic E-state index is 0.0792. The summed E-state index contributed by atoms with van der Waals surface area (Å²) in [5.41, 5.74) is 0. The SMILES string of the molecule is CCCn1ccnc1CC(=O)C1CCCOC1. The summed E-state index contributed by atoms with van der Waals surface area (Å²) in [5.74, 6) is 1.24. The van der Waals surface area contributed by atoms with Crippen molar-refractivity contribution in [3.8, 4) is 0 Å². The zero-order valence-corrected chi connectivity index (χ0v) is 10.4. The van der Waals surface area contributed by atoms with Crippen LogP contribution in [0.1, 0.15) is 32.0 Å². The molecular weight excluding hydrogens is 216 g/mol. The second-order valence-corrected chi connectivity index (χ2v) is 4.59. The highest BCUT2D eigenvalue weighted by Gasteiger charge is 2.22. The number of hydrogen-bond donors (Lipinski definition) is 0. The number of aromatic nitrogens is 2. The third-order valence-corrected chi connectivity index (χ3v) is 3.21. The maximum atomic E-state index is 12.1. The van der Waals surface area contributed by atoms with Gasteiger partial charge in [-0.2, -0.15) is 0 Å². The van der Waals surface area contributed by atoms with Gasteiger partial charge in [0.05, 0.1) is 13.0 Å². The Bertz CT molecular complexity index is 367. The molecule has 4 heteroatoms. The van der Waals surface area contributed by atoms with Crippen molar-refractivity contribution in [1.29, 1.82) is 0 Å². The van der Waals surface area contributed by atoms with Crippen LogP contribution in [0.15, 0.2) is 12.4 Å². The maximum Gasteiger partial charge on any atom is 0.145 e. The van der Waals surface area contributed by atoms with E-state index >= 15 is 0 Å². The lowest BCUT2D eigenvalue weighted by molar-refractivity contribution is -0.126. The number of ether oxygens (including phenoxy) is 1.